The smallest absolute Gasteiger partial charge is 0.408 e. The largest absolute Gasteiger partial charge is 0.467 e. The molecule has 0 fully saturated rings. The monoisotopic (exact) mass is 349 g/mol. The molecule has 1 heterocycles. The average molecular weight is 349 g/mol. The Morgan fingerprint density at radius 3 is 2.56 bits per heavy atom. The second-order valence-electron chi connectivity index (χ2n) is 5.89. The molecule has 1 N–H and O–H groups in total. The lowest BCUT2D eigenvalue weighted by Crippen LogP contribution is -2.43. The molecular formula is C16H19N3O6. The van der Waals surface area contributed by atoms with Crippen molar-refractivity contribution in [1.29, 1.82) is 0 Å². The summed E-state index contributed by atoms with van der Waals surface area (Å²) in [4.78, 5) is 37.3. The predicted molar refractivity (Wildman–Crippen MR) is 87.6 cm³/mol. The number of nitrogens with zero attached hydrogens (tertiary/aromatic N) is 2. The van der Waals surface area contributed by atoms with Crippen LogP contribution in [0.2, 0.25) is 0 Å². The van der Waals surface area contributed by atoms with E-state index in [1.807, 2.05) is 0 Å². The first-order valence-electron chi connectivity index (χ1n) is 7.29. The second kappa shape index (κ2) is 8.63. The van der Waals surface area contributed by atoms with Gasteiger partial charge in [-0.2, -0.15) is 0 Å². The SMILES string of the molecule is COC(=O)[C@H](CC#Cc1ccc([N+](=O)[O-])cn1)NC(=O)OC(C)(C)C. The highest BCUT2D eigenvalue weighted by atomic mass is 16.6. The van der Waals surface area contributed by atoms with Crippen molar-refractivity contribution in [3.8, 4) is 11.8 Å². The van der Waals surface area contributed by atoms with Crippen LogP contribution in [-0.4, -0.2) is 40.7 Å². The minimum absolute atomic E-state index is 0.0371. The van der Waals surface area contributed by atoms with Gasteiger partial charge in [0.15, 0.2) is 0 Å². The van der Waals surface area contributed by atoms with Gasteiger partial charge in [0.25, 0.3) is 5.69 Å². The van der Waals surface area contributed by atoms with E-state index in [9.17, 15) is 19.7 Å². The summed E-state index contributed by atoms with van der Waals surface area (Å²) in [7, 11) is 1.19. The van der Waals surface area contributed by atoms with Crippen LogP contribution in [0.3, 0.4) is 0 Å². The van der Waals surface area contributed by atoms with Gasteiger partial charge in [0.2, 0.25) is 0 Å². The Hall–Kier alpha value is -3.15. The highest BCUT2D eigenvalue weighted by Gasteiger charge is 2.24. The van der Waals surface area contributed by atoms with Crippen LogP contribution in [0.15, 0.2) is 18.3 Å². The van der Waals surface area contributed by atoms with Gasteiger partial charge < -0.3 is 14.8 Å². The molecule has 0 aliphatic rings. The molecule has 1 atom stereocenters. The van der Waals surface area contributed by atoms with Crippen LogP contribution in [0.4, 0.5) is 10.5 Å². The van der Waals surface area contributed by atoms with E-state index in [-0.39, 0.29) is 12.1 Å². The molecule has 0 aliphatic heterocycles. The normalized spacial score (nSPS) is 11.5. The second-order valence-corrected chi connectivity index (χ2v) is 5.89. The number of nitro groups is 1. The van der Waals surface area contributed by atoms with Crippen molar-refractivity contribution in [2.24, 2.45) is 0 Å². The molecule has 134 valence electrons. The standard InChI is InChI=1S/C16H19N3O6/c1-16(2,3)25-15(21)18-13(14(20)24-4)7-5-6-11-8-9-12(10-17-11)19(22)23/h8-10,13H,7H2,1-4H3,(H,18,21)/t13-/m0/s1. The highest BCUT2D eigenvalue weighted by molar-refractivity contribution is 5.81. The highest BCUT2D eigenvalue weighted by Crippen LogP contribution is 2.09. The van der Waals surface area contributed by atoms with E-state index in [1.54, 1.807) is 20.8 Å². The molecule has 1 amide bonds. The van der Waals surface area contributed by atoms with Crippen molar-refractivity contribution in [3.05, 3.63) is 34.1 Å². The number of carbonyl (C=O) groups excluding carboxylic acids is 2. The lowest BCUT2D eigenvalue weighted by atomic mass is 10.2. The minimum atomic E-state index is -1.01. The van der Waals surface area contributed by atoms with Crippen LogP contribution in [0, 0.1) is 22.0 Å². The van der Waals surface area contributed by atoms with Gasteiger partial charge in [0, 0.05) is 12.5 Å². The van der Waals surface area contributed by atoms with Crippen molar-refractivity contribution in [2.45, 2.75) is 38.8 Å². The number of hydrogen-bond acceptors (Lipinski definition) is 7. The molecule has 1 aromatic heterocycles. The van der Waals surface area contributed by atoms with E-state index in [0.717, 1.165) is 6.20 Å². The summed E-state index contributed by atoms with van der Waals surface area (Å²) in [6.07, 6.45) is 0.281. The summed E-state index contributed by atoms with van der Waals surface area (Å²) >= 11 is 0. The first kappa shape index (κ1) is 19.9. The van der Waals surface area contributed by atoms with Crippen LogP contribution < -0.4 is 5.32 Å². The molecular weight excluding hydrogens is 330 g/mol. The fraction of sp³-hybridized carbons (Fsp3) is 0.438. The zero-order valence-corrected chi connectivity index (χ0v) is 14.4. The molecule has 25 heavy (non-hydrogen) atoms. The topological polar surface area (TPSA) is 121 Å². The number of methoxy groups -OCH3 is 1. The summed E-state index contributed by atoms with van der Waals surface area (Å²) in [6.45, 7) is 5.08. The third-order valence-electron chi connectivity index (χ3n) is 2.66. The Morgan fingerprint density at radius 2 is 2.08 bits per heavy atom. The Balaban J connectivity index is 2.75. The van der Waals surface area contributed by atoms with Crippen LogP contribution >= 0.6 is 0 Å². The Kier molecular flexibility index (Phi) is 6.87. The average Bonchev–Trinajstić information content (AvgIpc) is 2.51. The molecule has 1 rings (SSSR count). The maximum atomic E-state index is 11.8. The van der Waals surface area contributed by atoms with E-state index in [1.165, 1.54) is 19.2 Å². The number of esters is 1. The lowest BCUT2D eigenvalue weighted by Gasteiger charge is -2.21. The first-order chi connectivity index (χ1) is 11.6. The van der Waals surface area contributed by atoms with Gasteiger partial charge in [0.1, 0.15) is 23.5 Å². The molecule has 0 saturated carbocycles. The quantitative estimate of drug-likeness (QED) is 0.381. The van der Waals surface area contributed by atoms with E-state index in [0.29, 0.717) is 5.69 Å². The third kappa shape index (κ3) is 7.30. The van der Waals surface area contributed by atoms with Crippen LogP contribution in [0.1, 0.15) is 32.9 Å². The summed E-state index contributed by atoms with van der Waals surface area (Å²) < 4.78 is 9.70. The zero-order chi connectivity index (χ0) is 19.0. The molecule has 1 aromatic rings. The molecule has 0 spiro atoms. The van der Waals surface area contributed by atoms with Gasteiger partial charge in [-0.25, -0.2) is 14.6 Å². The number of ether oxygens (including phenoxy) is 2. The number of aromatic nitrogens is 1. The number of hydrogen-bond donors (Lipinski definition) is 1. The molecule has 0 aliphatic carbocycles. The van der Waals surface area contributed by atoms with E-state index in [4.69, 9.17) is 4.74 Å². The van der Waals surface area contributed by atoms with Crippen LogP contribution in [0.25, 0.3) is 0 Å². The van der Waals surface area contributed by atoms with Crippen molar-refractivity contribution >= 4 is 17.7 Å². The number of nitrogens with one attached hydrogen (secondary N) is 1. The maximum Gasteiger partial charge on any atom is 0.408 e. The molecule has 0 aromatic carbocycles. The van der Waals surface area contributed by atoms with Crippen molar-refractivity contribution < 1.29 is 24.0 Å². The van der Waals surface area contributed by atoms with E-state index in [2.05, 4.69) is 26.9 Å². The summed E-state index contributed by atoms with van der Waals surface area (Å²) in [5.74, 6) is 4.67. The van der Waals surface area contributed by atoms with Gasteiger partial charge in [-0.1, -0.05) is 5.92 Å². The Bertz CT molecular complexity index is 697. The van der Waals surface area contributed by atoms with Gasteiger partial charge in [0.05, 0.1) is 12.0 Å². The minimum Gasteiger partial charge on any atom is -0.467 e. The predicted octanol–water partition coefficient (Wildman–Crippen LogP) is 1.80. The fourth-order valence-corrected chi connectivity index (χ4v) is 1.60. The lowest BCUT2D eigenvalue weighted by molar-refractivity contribution is -0.385. The molecule has 9 nitrogen and oxygen atoms in total. The fourth-order valence-electron chi connectivity index (χ4n) is 1.60. The van der Waals surface area contributed by atoms with E-state index >= 15 is 0 Å². The number of carbonyl (C=O) groups is 2. The summed E-state index contributed by atoms with van der Waals surface area (Å²) in [5.41, 5.74) is -0.560. The van der Waals surface area contributed by atoms with Crippen molar-refractivity contribution in [3.63, 3.8) is 0 Å². The van der Waals surface area contributed by atoms with Crippen LogP contribution in [0.5, 0.6) is 0 Å². The Morgan fingerprint density at radius 1 is 1.40 bits per heavy atom. The van der Waals surface area contributed by atoms with Gasteiger partial charge in [-0.3, -0.25) is 10.1 Å². The number of rotatable bonds is 4. The zero-order valence-electron chi connectivity index (χ0n) is 14.4. The van der Waals surface area contributed by atoms with Crippen LogP contribution in [-0.2, 0) is 14.3 Å². The third-order valence-corrected chi connectivity index (χ3v) is 2.66. The number of amides is 1. The molecule has 0 radical (unpaired) electrons. The van der Waals surface area contributed by atoms with Gasteiger partial charge in [-0.05, 0) is 32.8 Å². The van der Waals surface area contributed by atoms with E-state index < -0.39 is 28.6 Å². The Labute approximate surface area is 144 Å². The molecule has 0 saturated heterocycles. The van der Waals surface area contributed by atoms with Gasteiger partial charge in [-0.15, -0.1) is 0 Å². The maximum absolute atomic E-state index is 11.8. The molecule has 9 heteroatoms. The van der Waals surface area contributed by atoms with Gasteiger partial charge >= 0.3 is 12.1 Å². The molecule has 0 unspecified atom stereocenters. The summed E-state index contributed by atoms with van der Waals surface area (Å²) in [5, 5.41) is 12.9. The number of alkyl carbamates (subject to hydrolysis) is 1. The van der Waals surface area contributed by atoms with Crippen molar-refractivity contribution in [1.82, 2.24) is 10.3 Å². The first-order valence-corrected chi connectivity index (χ1v) is 7.29. The number of pyridine rings is 1. The summed E-state index contributed by atoms with van der Waals surface area (Å²) in [6, 6.07) is 1.65. The molecule has 0 bridgehead atoms. The van der Waals surface area contributed by atoms with Crippen molar-refractivity contribution in [2.75, 3.05) is 7.11 Å².